The van der Waals surface area contributed by atoms with E-state index in [1.807, 2.05) is 24.3 Å². The van der Waals surface area contributed by atoms with Crippen LogP contribution in [0.5, 0.6) is 0 Å². The van der Waals surface area contributed by atoms with Gasteiger partial charge in [0.15, 0.2) is 0 Å². The van der Waals surface area contributed by atoms with E-state index in [0.29, 0.717) is 19.2 Å². The predicted molar refractivity (Wildman–Crippen MR) is 128 cm³/mol. The van der Waals surface area contributed by atoms with Crippen molar-refractivity contribution in [2.24, 2.45) is 5.73 Å². The molecule has 4 rings (SSSR count). The standard InChI is InChI=1S/C21H23ClFN3OS.CH4O3S/c22-15-1-4-19-14(11-15)12-18(17-3-2-16(23)13-20(17)28-19)26-9-7-25(8-10-26)6-5-21(24)27;1-5(2,3)4/h1-4,11,13,18H,5-10,12H2,(H2,24,27);1H3,(H,2,3,4). The van der Waals surface area contributed by atoms with Crippen LogP contribution in [-0.4, -0.2) is 67.7 Å². The number of benzene rings is 2. The van der Waals surface area contributed by atoms with Crippen LogP contribution < -0.4 is 5.73 Å². The number of piperazine rings is 1. The normalized spacial score (nSPS) is 19.0. The fourth-order valence-corrected chi connectivity index (χ4v) is 5.34. The predicted octanol–water partition coefficient (Wildman–Crippen LogP) is 3.22. The number of primary amides is 1. The monoisotopic (exact) mass is 515 g/mol. The van der Waals surface area contributed by atoms with Gasteiger partial charge in [-0.25, -0.2) is 4.39 Å². The highest BCUT2D eigenvalue weighted by Crippen LogP contribution is 2.43. The van der Waals surface area contributed by atoms with E-state index in [4.69, 9.17) is 21.9 Å². The average Bonchev–Trinajstić information content (AvgIpc) is 2.87. The Kier molecular flexibility index (Phi) is 8.76. The lowest BCUT2D eigenvalue weighted by atomic mass is 9.96. The van der Waals surface area contributed by atoms with Crippen LogP contribution in [0.1, 0.15) is 23.6 Å². The largest absolute Gasteiger partial charge is 0.370 e. The lowest BCUT2D eigenvalue weighted by Crippen LogP contribution is -2.48. The molecule has 2 heterocycles. The van der Waals surface area contributed by atoms with Gasteiger partial charge in [0.1, 0.15) is 5.82 Å². The molecule has 0 radical (unpaired) electrons. The van der Waals surface area contributed by atoms with Gasteiger partial charge < -0.3 is 10.6 Å². The van der Waals surface area contributed by atoms with Crippen LogP contribution in [0.15, 0.2) is 46.2 Å². The van der Waals surface area contributed by atoms with Crippen molar-refractivity contribution in [2.75, 3.05) is 39.0 Å². The zero-order valence-electron chi connectivity index (χ0n) is 18.2. The third-order valence-corrected chi connectivity index (χ3v) is 6.94. The fourth-order valence-electron chi connectivity index (χ4n) is 4.01. The van der Waals surface area contributed by atoms with Crippen LogP contribution in [0.2, 0.25) is 5.02 Å². The van der Waals surface area contributed by atoms with Crippen LogP contribution >= 0.6 is 23.4 Å². The molecule has 0 bridgehead atoms. The number of rotatable bonds is 4. The molecule has 7 nitrogen and oxygen atoms in total. The molecular formula is C22H27ClFN3O4S2. The maximum Gasteiger partial charge on any atom is 0.261 e. The summed E-state index contributed by atoms with van der Waals surface area (Å²) in [5.74, 6) is -0.466. The first-order valence-corrected chi connectivity index (χ1v) is 13.5. The Morgan fingerprint density at radius 3 is 2.48 bits per heavy atom. The van der Waals surface area contributed by atoms with Crippen molar-refractivity contribution >= 4 is 39.4 Å². The maximum atomic E-state index is 13.9. The number of carbonyl (C=O) groups is 1. The van der Waals surface area contributed by atoms with Gasteiger partial charge in [0.2, 0.25) is 5.91 Å². The summed E-state index contributed by atoms with van der Waals surface area (Å²) in [6.45, 7) is 4.32. The van der Waals surface area contributed by atoms with Crippen LogP contribution in [0, 0.1) is 5.82 Å². The van der Waals surface area contributed by atoms with E-state index >= 15 is 0 Å². The molecule has 2 aromatic rings. The first-order valence-electron chi connectivity index (χ1n) is 10.4. The van der Waals surface area contributed by atoms with Crippen molar-refractivity contribution in [3.05, 3.63) is 58.4 Å². The van der Waals surface area contributed by atoms with Crippen LogP contribution in [-0.2, 0) is 21.3 Å². The highest BCUT2D eigenvalue weighted by Gasteiger charge is 2.30. The molecule has 1 fully saturated rings. The Balaban J connectivity index is 0.000000555. The first kappa shape index (κ1) is 25.9. The summed E-state index contributed by atoms with van der Waals surface area (Å²) >= 11 is 7.87. The van der Waals surface area contributed by atoms with Crippen molar-refractivity contribution in [3.63, 3.8) is 0 Å². The van der Waals surface area contributed by atoms with Crippen LogP contribution in [0.25, 0.3) is 0 Å². The van der Waals surface area contributed by atoms with Gasteiger partial charge in [0.25, 0.3) is 10.1 Å². The summed E-state index contributed by atoms with van der Waals surface area (Å²) in [5.41, 5.74) is 7.65. The average molecular weight is 516 g/mol. The molecule has 3 N–H and O–H groups in total. The summed E-state index contributed by atoms with van der Waals surface area (Å²) in [7, 11) is -3.67. The SMILES string of the molecule is CS(=O)(=O)O.NC(=O)CCN1CCN(C2Cc3cc(Cl)ccc3Sc3cc(F)ccc32)CC1. The smallest absolute Gasteiger partial charge is 0.261 e. The summed E-state index contributed by atoms with van der Waals surface area (Å²) in [5, 5.41) is 0.728. The fraction of sp³-hybridized carbons (Fsp3) is 0.409. The third kappa shape index (κ3) is 7.94. The number of nitrogens with zero attached hydrogens (tertiary/aromatic N) is 2. The topological polar surface area (TPSA) is 104 Å². The Morgan fingerprint density at radius 2 is 1.85 bits per heavy atom. The van der Waals surface area contributed by atoms with Crippen LogP contribution in [0.3, 0.4) is 0 Å². The minimum absolute atomic E-state index is 0.182. The summed E-state index contributed by atoms with van der Waals surface area (Å²) in [6, 6.07) is 11.3. The second-order valence-electron chi connectivity index (χ2n) is 8.08. The van der Waals surface area contributed by atoms with Crippen molar-refractivity contribution in [3.8, 4) is 0 Å². The molecule has 0 spiro atoms. The molecular weight excluding hydrogens is 489 g/mol. The minimum Gasteiger partial charge on any atom is -0.370 e. The van der Waals surface area contributed by atoms with Gasteiger partial charge in [-0.2, -0.15) is 8.42 Å². The number of halogens is 2. The second-order valence-corrected chi connectivity index (χ2v) is 11.1. The molecule has 2 aliphatic heterocycles. The lowest BCUT2D eigenvalue weighted by Gasteiger charge is -2.39. The van der Waals surface area contributed by atoms with Crippen molar-refractivity contribution < 1.29 is 22.2 Å². The molecule has 0 saturated carbocycles. The van der Waals surface area contributed by atoms with Gasteiger partial charge >= 0.3 is 0 Å². The van der Waals surface area contributed by atoms with E-state index in [1.54, 1.807) is 23.9 Å². The zero-order valence-corrected chi connectivity index (χ0v) is 20.6. The van der Waals surface area contributed by atoms with E-state index in [1.165, 1.54) is 11.1 Å². The molecule has 1 saturated heterocycles. The van der Waals surface area contributed by atoms with Gasteiger partial charge in [-0.15, -0.1) is 0 Å². The summed E-state index contributed by atoms with van der Waals surface area (Å²) < 4.78 is 39.8. The number of amides is 1. The van der Waals surface area contributed by atoms with E-state index in [0.717, 1.165) is 47.4 Å². The van der Waals surface area contributed by atoms with Crippen molar-refractivity contribution in [1.82, 2.24) is 9.80 Å². The molecule has 11 heteroatoms. The molecule has 180 valence electrons. The van der Waals surface area contributed by atoms with E-state index < -0.39 is 10.1 Å². The van der Waals surface area contributed by atoms with Gasteiger partial charge in [-0.3, -0.25) is 14.2 Å². The molecule has 33 heavy (non-hydrogen) atoms. The number of nitrogens with two attached hydrogens (primary N) is 1. The molecule has 1 unspecified atom stereocenters. The quantitative estimate of drug-likeness (QED) is 0.602. The van der Waals surface area contributed by atoms with E-state index in [9.17, 15) is 17.6 Å². The van der Waals surface area contributed by atoms with Gasteiger partial charge in [0.05, 0.1) is 6.26 Å². The highest BCUT2D eigenvalue weighted by molar-refractivity contribution is 7.99. The van der Waals surface area contributed by atoms with Gasteiger partial charge in [-0.05, 0) is 47.9 Å². The molecule has 0 aromatic heterocycles. The molecule has 0 aliphatic carbocycles. The Labute approximate surface area is 202 Å². The number of carbonyl (C=O) groups excluding carboxylic acids is 1. The van der Waals surface area contributed by atoms with Crippen molar-refractivity contribution in [2.45, 2.75) is 28.7 Å². The summed E-state index contributed by atoms with van der Waals surface area (Å²) in [4.78, 5) is 17.9. The Hall–Kier alpha value is -1.69. The van der Waals surface area contributed by atoms with Gasteiger partial charge in [0, 0.05) is 60.0 Å². The lowest BCUT2D eigenvalue weighted by molar-refractivity contribution is -0.118. The zero-order chi connectivity index (χ0) is 24.2. The maximum absolute atomic E-state index is 13.9. The summed E-state index contributed by atoms with van der Waals surface area (Å²) in [6.07, 6.45) is 1.96. The number of hydrogen-bond donors (Lipinski definition) is 2. The van der Waals surface area contributed by atoms with Crippen LogP contribution in [0.4, 0.5) is 4.39 Å². The van der Waals surface area contributed by atoms with Crippen molar-refractivity contribution in [1.29, 1.82) is 0 Å². The molecule has 2 aliphatic rings. The molecule has 1 amide bonds. The van der Waals surface area contributed by atoms with E-state index in [-0.39, 0.29) is 17.8 Å². The Morgan fingerprint density at radius 1 is 1.18 bits per heavy atom. The third-order valence-electron chi connectivity index (χ3n) is 5.51. The number of hydrogen-bond acceptors (Lipinski definition) is 6. The minimum atomic E-state index is -3.67. The highest BCUT2D eigenvalue weighted by atomic mass is 35.5. The van der Waals surface area contributed by atoms with E-state index in [2.05, 4.69) is 9.80 Å². The Bertz CT molecular complexity index is 1100. The molecule has 2 aromatic carbocycles. The molecule has 1 atom stereocenters. The van der Waals surface area contributed by atoms with Gasteiger partial charge in [-0.1, -0.05) is 29.4 Å². The first-order chi connectivity index (χ1) is 15.5. The number of fused-ring (bicyclic) bond motifs is 2. The second kappa shape index (κ2) is 11.2.